The summed E-state index contributed by atoms with van der Waals surface area (Å²) in [5.41, 5.74) is 0.378. The van der Waals surface area contributed by atoms with E-state index in [1.807, 2.05) is 43.9 Å². The lowest BCUT2D eigenvalue weighted by Crippen LogP contribution is -2.48. The molecule has 0 bridgehead atoms. The molecule has 1 aromatic carbocycles. The zero-order chi connectivity index (χ0) is 20.4. The highest BCUT2D eigenvalue weighted by Gasteiger charge is 2.40. The van der Waals surface area contributed by atoms with Crippen molar-refractivity contribution in [2.24, 2.45) is 0 Å². The van der Waals surface area contributed by atoms with Crippen LogP contribution in [0.25, 0.3) is 0 Å². The molecule has 1 heterocycles. The van der Waals surface area contributed by atoms with Crippen LogP contribution in [-0.2, 0) is 10.2 Å². The lowest BCUT2D eigenvalue weighted by molar-refractivity contribution is 0.0502. The van der Waals surface area contributed by atoms with Crippen molar-refractivity contribution in [2.75, 3.05) is 19.6 Å². The van der Waals surface area contributed by atoms with Gasteiger partial charge in [0.25, 0.3) is 0 Å². The fourth-order valence-corrected chi connectivity index (χ4v) is 4.43. The quantitative estimate of drug-likeness (QED) is 0.790. The Balaban J connectivity index is 1.73. The molecule has 1 saturated heterocycles. The van der Waals surface area contributed by atoms with E-state index in [4.69, 9.17) is 16.3 Å². The highest BCUT2D eigenvalue weighted by atomic mass is 35.5. The minimum Gasteiger partial charge on any atom is -0.444 e. The normalized spacial score (nSPS) is 25.4. The molecule has 3 amide bonds. The average Bonchev–Trinajstić information content (AvgIpc) is 3.05. The first-order valence-corrected chi connectivity index (χ1v) is 10.3. The molecular weight excluding hydrogens is 378 g/mol. The number of nitrogens with one attached hydrogen (secondary N) is 2. The number of carbonyl (C=O) groups is 2. The van der Waals surface area contributed by atoms with Crippen LogP contribution in [0.4, 0.5) is 9.59 Å². The van der Waals surface area contributed by atoms with Crippen molar-refractivity contribution in [3.63, 3.8) is 0 Å². The Bertz CT molecular complexity index is 724. The molecule has 1 aromatic rings. The van der Waals surface area contributed by atoms with E-state index in [0.29, 0.717) is 11.6 Å². The van der Waals surface area contributed by atoms with Crippen molar-refractivity contribution in [2.45, 2.75) is 63.5 Å². The predicted octanol–water partition coefficient (Wildman–Crippen LogP) is 4.07. The average molecular weight is 408 g/mol. The maximum absolute atomic E-state index is 12.2. The lowest BCUT2D eigenvalue weighted by Gasteiger charge is -2.43. The van der Waals surface area contributed by atoms with Crippen LogP contribution >= 0.6 is 11.6 Å². The van der Waals surface area contributed by atoms with Gasteiger partial charge in [0.1, 0.15) is 5.60 Å². The lowest BCUT2D eigenvalue weighted by atomic mass is 9.68. The van der Waals surface area contributed by atoms with Gasteiger partial charge in [0, 0.05) is 36.1 Å². The maximum atomic E-state index is 12.2. The molecule has 2 fully saturated rings. The second-order valence-electron chi connectivity index (χ2n) is 8.80. The molecule has 0 unspecified atom stereocenters. The number of carbonyl (C=O) groups excluding carboxylic acids is 2. The maximum Gasteiger partial charge on any atom is 0.407 e. The number of hydrogen-bond acceptors (Lipinski definition) is 3. The summed E-state index contributed by atoms with van der Waals surface area (Å²) in [5, 5.41) is 6.54. The molecule has 6 nitrogen and oxygen atoms in total. The third-order valence-corrected chi connectivity index (χ3v) is 5.88. The van der Waals surface area contributed by atoms with Gasteiger partial charge in [-0.15, -0.1) is 0 Å². The van der Waals surface area contributed by atoms with Gasteiger partial charge in [-0.2, -0.15) is 0 Å². The first-order valence-electron chi connectivity index (χ1n) is 9.96. The molecule has 1 aliphatic heterocycles. The minimum atomic E-state index is -0.534. The van der Waals surface area contributed by atoms with Gasteiger partial charge in [0.15, 0.2) is 0 Å². The van der Waals surface area contributed by atoms with Crippen molar-refractivity contribution >= 4 is 23.7 Å². The summed E-state index contributed by atoms with van der Waals surface area (Å²) in [6, 6.07) is 8.16. The Morgan fingerprint density at radius 2 is 2.07 bits per heavy atom. The van der Waals surface area contributed by atoms with Crippen molar-refractivity contribution in [1.29, 1.82) is 0 Å². The van der Waals surface area contributed by atoms with Crippen LogP contribution in [0.3, 0.4) is 0 Å². The van der Waals surface area contributed by atoms with E-state index in [1.165, 1.54) is 0 Å². The van der Waals surface area contributed by atoms with Crippen LogP contribution in [0.1, 0.15) is 52.0 Å². The molecule has 1 aliphatic carbocycles. The number of nitrogens with zero attached hydrogens (tertiary/aromatic N) is 1. The third-order valence-electron chi connectivity index (χ3n) is 5.65. The monoisotopic (exact) mass is 407 g/mol. The number of amides is 3. The van der Waals surface area contributed by atoms with Crippen molar-refractivity contribution < 1.29 is 14.3 Å². The SMILES string of the molecule is CC(C)(C)OC(=O)NC[C@]1(c2cccc(Cl)c2)CC[C@H](N2CCNC2=O)CC1. The van der Waals surface area contributed by atoms with Gasteiger partial charge in [-0.25, -0.2) is 9.59 Å². The fraction of sp³-hybridized carbons (Fsp3) is 0.619. The van der Waals surface area contributed by atoms with Crippen molar-refractivity contribution in [1.82, 2.24) is 15.5 Å². The first kappa shape index (κ1) is 20.8. The second-order valence-corrected chi connectivity index (χ2v) is 9.24. The van der Waals surface area contributed by atoms with E-state index in [1.54, 1.807) is 0 Å². The molecule has 2 aliphatic rings. The number of alkyl carbamates (subject to hydrolysis) is 1. The molecule has 0 aromatic heterocycles. The highest BCUT2D eigenvalue weighted by molar-refractivity contribution is 6.30. The van der Waals surface area contributed by atoms with Gasteiger partial charge >= 0.3 is 12.1 Å². The van der Waals surface area contributed by atoms with E-state index >= 15 is 0 Å². The van der Waals surface area contributed by atoms with Gasteiger partial charge < -0.3 is 20.3 Å². The number of ether oxygens (including phenoxy) is 1. The van der Waals surface area contributed by atoms with Gasteiger partial charge in [-0.1, -0.05) is 23.7 Å². The van der Waals surface area contributed by atoms with Crippen LogP contribution in [0.5, 0.6) is 0 Å². The molecular formula is C21H30ClN3O3. The zero-order valence-electron chi connectivity index (χ0n) is 16.9. The number of hydrogen-bond donors (Lipinski definition) is 2. The predicted molar refractivity (Wildman–Crippen MR) is 110 cm³/mol. The Kier molecular flexibility index (Phi) is 6.08. The molecule has 3 rings (SSSR count). The van der Waals surface area contributed by atoms with Crippen LogP contribution in [-0.4, -0.2) is 48.3 Å². The molecule has 154 valence electrons. The Morgan fingerprint density at radius 1 is 1.36 bits per heavy atom. The number of halogens is 1. The molecule has 0 radical (unpaired) electrons. The third kappa shape index (κ3) is 4.90. The molecule has 7 heteroatoms. The van der Waals surface area contributed by atoms with Gasteiger partial charge in [0.05, 0.1) is 0 Å². The van der Waals surface area contributed by atoms with E-state index in [-0.39, 0.29) is 17.5 Å². The Morgan fingerprint density at radius 3 is 2.64 bits per heavy atom. The topological polar surface area (TPSA) is 70.7 Å². The van der Waals surface area contributed by atoms with Crippen LogP contribution in [0.15, 0.2) is 24.3 Å². The summed E-state index contributed by atoms with van der Waals surface area (Å²) < 4.78 is 5.41. The van der Waals surface area contributed by atoms with E-state index < -0.39 is 11.7 Å². The molecule has 1 saturated carbocycles. The summed E-state index contributed by atoms with van der Waals surface area (Å²) in [5.74, 6) is 0. The number of rotatable bonds is 4. The summed E-state index contributed by atoms with van der Waals surface area (Å²) in [7, 11) is 0. The molecule has 0 spiro atoms. The van der Waals surface area contributed by atoms with E-state index in [9.17, 15) is 9.59 Å². The standard InChI is InChI=1S/C21H30ClN3O3/c1-20(2,3)28-19(27)24-14-21(15-5-4-6-16(22)13-15)9-7-17(8-10-21)25-12-11-23-18(25)26/h4-6,13,17H,7-12,14H2,1-3H3,(H,23,26)(H,24,27)/t17-,21-. The van der Waals surface area contributed by atoms with Gasteiger partial charge in [-0.05, 0) is 64.2 Å². The molecule has 2 N–H and O–H groups in total. The summed E-state index contributed by atoms with van der Waals surface area (Å²) in [6.07, 6.45) is 3.14. The Labute approximate surface area is 171 Å². The van der Waals surface area contributed by atoms with Crippen LogP contribution in [0, 0.1) is 0 Å². The van der Waals surface area contributed by atoms with Crippen molar-refractivity contribution in [3.05, 3.63) is 34.9 Å². The minimum absolute atomic E-state index is 0.0344. The Hall–Kier alpha value is -1.95. The highest BCUT2D eigenvalue weighted by Crippen LogP contribution is 2.41. The number of benzene rings is 1. The summed E-state index contributed by atoms with van der Waals surface area (Å²) in [4.78, 5) is 26.2. The van der Waals surface area contributed by atoms with E-state index in [0.717, 1.165) is 44.3 Å². The summed E-state index contributed by atoms with van der Waals surface area (Å²) >= 11 is 6.25. The van der Waals surface area contributed by atoms with Crippen LogP contribution < -0.4 is 10.6 Å². The second kappa shape index (κ2) is 8.19. The first-order chi connectivity index (χ1) is 13.2. The van der Waals surface area contributed by atoms with Gasteiger partial charge in [0.2, 0.25) is 0 Å². The van der Waals surface area contributed by atoms with Crippen molar-refractivity contribution in [3.8, 4) is 0 Å². The smallest absolute Gasteiger partial charge is 0.407 e. The molecule has 0 atom stereocenters. The van der Waals surface area contributed by atoms with Gasteiger partial charge in [-0.3, -0.25) is 0 Å². The largest absolute Gasteiger partial charge is 0.444 e. The number of urea groups is 1. The van der Waals surface area contributed by atoms with Crippen LogP contribution in [0.2, 0.25) is 5.02 Å². The van der Waals surface area contributed by atoms with E-state index in [2.05, 4.69) is 16.7 Å². The summed E-state index contributed by atoms with van der Waals surface area (Å²) in [6.45, 7) is 7.53. The zero-order valence-corrected chi connectivity index (χ0v) is 17.6. The fourth-order valence-electron chi connectivity index (χ4n) is 4.24. The molecule has 28 heavy (non-hydrogen) atoms.